The van der Waals surface area contributed by atoms with Crippen molar-refractivity contribution >= 4 is 5.78 Å². The van der Waals surface area contributed by atoms with Crippen molar-refractivity contribution in [2.45, 2.75) is 52.6 Å². The maximum absolute atomic E-state index is 11.1. The number of Topliss-reactive ketones (excluding diaryl/α,β-unsaturated/α-hetero) is 1. The van der Waals surface area contributed by atoms with Gasteiger partial charge >= 0.3 is 0 Å². The third-order valence-corrected chi connectivity index (χ3v) is 2.79. The minimum absolute atomic E-state index is 0.0850. The minimum atomic E-state index is -0.145. The van der Waals surface area contributed by atoms with Gasteiger partial charge in [-0.05, 0) is 57.9 Å². The van der Waals surface area contributed by atoms with E-state index in [0.29, 0.717) is 0 Å². The Kier molecular flexibility index (Phi) is 4.73. The lowest BCUT2D eigenvalue weighted by Crippen LogP contribution is -2.27. The fraction of sp³-hybridized carbons (Fsp3) is 0.533. The molecule has 94 valence electrons. The number of benzene rings is 1. The second kappa shape index (κ2) is 5.85. The molecule has 0 aromatic heterocycles. The lowest BCUT2D eigenvalue weighted by Gasteiger charge is -2.26. The Morgan fingerprint density at radius 3 is 2.29 bits per heavy atom. The van der Waals surface area contributed by atoms with Crippen molar-refractivity contribution in [1.29, 1.82) is 0 Å². The molecule has 0 radical (unpaired) electrons. The molecule has 0 N–H and O–H groups in total. The molecule has 0 saturated heterocycles. The van der Waals surface area contributed by atoms with E-state index in [4.69, 9.17) is 4.74 Å². The topological polar surface area (TPSA) is 26.3 Å². The van der Waals surface area contributed by atoms with Crippen molar-refractivity contribution in [1.82, 2.24) is 0 Å². The fourth-order valence-corrected chi connectivity index (χ4v) is 1.73. The van der Waals surface area contributed by atoms with Crippen LogP contribution in [0.4, 0.5) is 0 Å². The normalized spacial score (nSPS) is 11.3. The van der Waals surface area contributed by atoms with Gasteiger partial charge < -0.3 is 4.74 Å². The van der Waals surface area contributed by atoms with Crippen LogP contribution in [0.1, 0.15) is 57.3 Å². The second-order valence-electron chi connectivity index (χ2n) is 5.05. The summed E-state index contributed by atoms with van der Waals surface area (Å²) in [5.41, 5.74) is 0.581. The number of ether oxygens (including phenoxy) is 1. The fourth-order valence-electron chi connectivity index (χ4n) is 1.73. The molecule has 0 saturated carbocycles. The van der Waals surface area contributed by atoms with Crippen molar-refractivity contribution in [3.8, 4) is 5.75 Å². The smallest absolute Gasteiger partial charge is 0.159 e. The zero-order valence-electron chi connectivity index (χ0n) is 11.2. The van der Waals surface area contributed by atoms with Gasteiger partial charge in [0.15, 0.2) is 5.78 Å². The molecule has 1 rings (SSSR count). The monoisotopic (exact) mass is 234 g/mol. The number of rotatable bonds is 6. The van der Waals surface area contributed by atoms with E-state index in [0.717, 1.165) is 17.7 Å². The van der Waals surface area contributed by atoms with Crippen molar-refractivity contribution in [3.05, 3.63) is 29.8 Å². The summed E-state index contributed by atoms with van der Waals surface area (Å²) in [5.74, 6) is 0.915. The molecular weight excluding hydrogens is 212 g/mol. The van der Waals surface area contributed by atoms with E-state index in [2.05, 4.69) is 20.8 Å². The zero-order chi connectivity index (χ0) is 12.9. The van der Waals surface area contributed by atoms with Gasteiger partial charge in [0.25, 0.3) is 0 Å². The number of ketones is 1. The lowest BCUT2D eigenvalue weighted by atomic mass is 10.0. The highest BCUT2D eigenvalue weighted by molar-refractivity contribution is 5.94. The highest BCUT2D eigenvalue weighted by atomic mass is 16.5. The van der Waals surface area contributed by atoms with Gasteiger partial charge in [-0.15, -0.1) is 0 Å². The van der Waals surface area contributed by atoms with Gasteiger partial charge in [-0.3, -0.25) is 4.79 Å². The van der Waals surface area contributed by atoms with Gasteiger partial charge in [-0.25, -0.2) is 0 Å². The summed E-state index contributed by atoms with van der Waals surface area (Å²) in [6.45, 7) is 7.95. The third-order valence-electron chi connectivity index (χ3n) is 2.79. The Hall–Kier alpha value is -1.31. The molecule has 17 heavy (non-hydrogen) atoms. The Morgan fingerprint density at radius 1 is 1.24 bits per heavy atom. The van der Waals surface area contributed by atoms with E-state index in [1.165, 1.54) is 12.8 Å². The van der Waals surface area contributed by atoms with Crippen LogP contribution >= 0.6 is 0 Å². The summed E-state index contributed by atoms with van der Waals surface area (Å²) in [4.78, 5) is 11.1. The van der Waals surface area contributed by atoms with E-state index in [1.54, 1.807) is 6.92 Å². The average Bonchev–Trinajstić information content (AvgIpc) is 2.26. The molecule has 0 aliphatic heterocycles. The number of carbonyl (C=O) groups excluding carboxylic acids is 1. The molecule has 0 amide bonds. The van der Waals surface area contributed by atoms with Crippen LogP contribution in [0.5, 0.6) is 5.75 Å². The Morgan fingerprint density at radius 2 is 1.82 bits per heavy atom. The predicted molar refractivity (Wildman–Crippen MR) is 70.7 cm³/mol. The highest BCUT2D eigenvalue weighted by Crippen LogP contribution is 2.23. The lowest BCUT2D eigenvalue weighted by molar-refractivity contribution is 0.0966. The van der Waals surface area contributed by atoms with Gasteiger partial charge in [-0.2, -0.15) is 0 Å². The van der Waals surface area contributed by atoms with Crippen LogP contribution in [0, 0.1) is 0 Å². The summed E-state index contributed by atoms with van der Waals surface area (Å²) in [5, 5.41) is 0. The molecule has 0 fully saturated rings. The standard InChI is InChI=1S/C15H22O2/c1-5-6-11-15(3,4)17-14-9-7-13(8-10-14)12(2)16/h7-10H,5-6,11H2,1-4H3. The highest BCUT2D eigenvalue weighted by Gasteiger charge is 2.18. The first-order valence-corrected chi connectivity index (χ1v) is 6.24. The first kappa shape index (κ1) is 13.8. The maximum Gasteiger partial charge on any atom is 0.159 e. The molecule has 2 heteroatoms. The molecule has 0 spiro atoms. The zero-order valence-corrected chi connectivity index (χ0v) is 11.2. The Labute approximate surface area is 104 Å². The predicted octanol–water partition coefficient (Wildman–Crippen LogP) is 4.24. The maximum atomic E-state index is 11.1. The van der Waals surface area contributed by atoms with Crippen LogP contribution in [-0.2, 0) is 0 Å². The van der Waals surface area contributed by atoms with Crippen LogP contribution in [0.2, 0.25) is 0 Å². The molecule has 1 aromatic rings. The van der Waals surface area contributed by atoms with Crippen molar-refractivity contribution in [2.75, 3.05) is 0 Å². The summed E-state index contributed by atoms with van der Waals surface area (Å²) < 4.78 is 5.93. The van der Waals surface area contributed by atoms with E-state index in [1.807, 2.05) is 24.3 Å². The molecule has 0 aliphatic rings. The molecule has 0 aliphatic carbocycles. The molecule has 0 atom stereocenters. The SMILES string of the molecule is CCCCC(C)(C)Oc1ccc(C(C)=O)cc1. The van der Waals surface area contributed by atoms with Gasteiger partial charge in [0, 0.05) is 5.56 Å². The van der Waals surface area contributed by atoms with Gasteiger partial charge in [-0.1, -0.05) is 13.3 Å². The van der Waals surface area contributed by atoms with E-state index in [-0.39, 0.29) is 11.4 Å². The number of carbonyl (C=O) groups is 1. The Bertz CT molecular complexity index is 363. The summed E-state index contributed by atoms with van der Waals surface area (Å²) in [6, 6.07) is 7.36. The summed E-state index contributed by atoms with van der Waals surface area (Å²) in [7, 11) is 0. The number of unbranched alkanes of at least 4 members (excludes halogenated alkanes) is 1. The van der Waals surface area contributed by atoms with Crippen molar-refractivity contribution in [2.24, 2.45) is 0 Å². The summed E-state index contributed by atoms with van der Waals surface area (Å²) in [6.07, 6.45) is 3.38. The van der Waals surface area contributed by atoms with Crippen molar-refractivity contribution < 1.29 is 9.53 Å². The third kappa shape index (κ3) is 4.59. The molecule has 0 heterocycles. The largest absolute Gasteiger partial charge is 0.488 e. The summed E-state index contributed by atoms with van der Waals surface area (Å²) >= 11 is 0. The van der Waals surface area contributed by atoms with Gasteiger partial charge in [0.1, 0.15) is 11.4 Å². The number of hydrogen-bond acceptors (Lipinski definition) is 2. The van der Waals surface area contributed by atoms with Crippen LogP contribution in [0.3, 0.4) is 0 Å². The van der Waals surface area contributed by atoms with Gasteiger partial charge in [0.2, 0.25) is 0 Å². The molecule has 1 aromatic carbocycles. The Balaban J connectivity index is 2.65. The number of hydrogen-bond donors (Lipinski definition) is 0. The molecule has 0 unspecified atom stereocenters. The van der Waals surface area contributed by atoms with E-state index in [9.17, 15) is 4.79 Å². The van der Waals surface area contributed by atoms with E-state index >= 15 is 0 Å². The average molecular weight is 234 g/mol. The van der Waals surface area contributed by atoms with E-state index < -0.39 is 0 Å². The quantitative estimate of drug-likeness (QED) is 0.688. The molecule has 0 bridgehead atoms. The van der Waals surface area contributed by atoms with Crippen LogP contribution < -0.4 is 4.74 Å². The minimum Gasteiger partial charge on any atom is -0.488 e. The molecular formula is C15H22O2. The van der Waals surface area contributed by atoms with Crippen LogP contribution in [0.15, 0.2) is 24.3 Å². The van der Waals surface area contributed by atoms with Gasteiger partial charge in [0.05, 0.1) is 0 Å². The second-order valence-corrected chi connectivity index (χ2v) is 5.05. The van der Waals surface area contributed by atoms with Crippen LogP contribution in [-0.4, -0.2) is 11.4 Å². The van der Waals surface area contributed by atoms with Crippen LogP contribution in [0.25, 0.3) is 0 Å². The van der Waals surface area contributed by atoms with Crippen molar-refractivity contribution in [3.63, 3.8) is 0 Å². The molecule has 2 nitrogen and oxygen atoms in total. The first-order chi connectivity index (χ1) is 7.94. The first-order valence-electron chi connectivity index (χ1n) is 6.24.